The zero-order valence-electron chi connectivity index (χ0n) is 14.5. The molecule has 0 aliphatic carbocycles. The average Bonchev–Trinajstić information content (AvgIpc) is 2.91. The molecular weight excluding hydrogens is 340 g/mol. The van der Waals surface area contributed by atoms with Gasteiger partial charge >= 0.3 is 0 Å². The van der Waals surface area contributed by atoms with E-state index in [2.05, 4.69) is 0 Å². The number of benzene rings is 2. The van der Waals surface area contributed by atoms with Crippen LogP contribution in [0.15, 0.2) is 36.4 Å². The molecule has 1 aromatic heterocycles. The van der Waals surface area contributed by atoms with Crippen molar-refractivity contribution in [3.05, 3.63) is 52.8 Å². The van der Waals surface area contributed by atoms with Gasteiger partial charge in [-0.05, 0) is 42.8 Å². The fourth-order valence-corrected chi connectivity index (χ4v) is 3.09. The van der Waals surface area contributed by atoms with Crippen LogP contribution in [0.25, 0.3) is 11.0 Å². The topological polar surface area (TPSA) is 56.5 Å². The Hall–Kier alpha value is -2.24. The first kappa shape index (κ1) is 17.6. The zero-order chi connectivity index (χ0) is 18.0. The molecule has 2 aromatic carbocycles. The second-order valence-electron chi connectivity index (χ2n) is 5.99. The van der Waals surface area contributed by atoms with Gasteiger partial charge in [-0.2, -0.15) is 0 Å². The molecule has 3 aromatic rings. The quantitative estimate of drug-likeness (QED) is 0.728. The van der Waals surface area contributed by atoms with Crippen molar-refractivity contribution in [2.45, 2.75) is 26.0 Å². The molecule has 0 amide bonds. The van der Waals surface area contributed by atoms with Gasteiger partial charge in [0, 0.05) is 11.4 Å². The molecule has 25 heavy (non-hydrogen) atoms. The van der Waals surface area contributed by atoms with Gasteiger partial charge < -0.3 is 19.1 Å². The van der Waals surface area contributed by atoms with Crippen LogP contribution in [0.2, 0.25) is 5.02 Å². The maximum atomic E-state index is 9.88. The van der Waals surface area contributed by atoms with E-state index >= 15 is 0 Å². The minimum atomic E-state index is -0.486. The summed E-state index contributed by atoms with van der Waals surface area (Å²) in [6, 6.07) is 11.4. The minimum absolute atomic E-state index is 0.458. The van der Waals surface area contributed by atoms with E-state index in [1.165, 1.54) is 0 Å². The number of aliphatic hydroxyl groups excluding tert-OH is 1. The Kier molecular flexibility index (Phi) is 5.16. The Bertz CT molecular complexity index is 890. The first-order valence-corrected chi connectivity index (χ1v) is 8.43. The molecule has 3 rings (SSSR count). The van der Waals surface area contributed by atoms with Crippen LogP contribution in [0, 0.1) is 0 Å². The lowest BCUT2D eigenvalue weighted by atomic mass is 10.1. The molecule has 1 unspecified atom stereocenters. The second kappa shape index (κ2) is 7.33. The summed E-state index contributed by atoms with van der Waals surface area (Å²) in [7, 11) is 3.23. The summed E-state index contributed by atoms with van der Waals surface area (Å²) in [4.78, 5) is 4.72. The highest BCUT2D eigenvalue weighted by molar-refractivity contribution is 6.31. The Balaban J connectivity index is 2.03. The van der Waals surface area contributed by atoms with Crippen molar-refractivity contribution in [1.82, 2.24) is 9.55 Å². The lowest BCUT2D eigenvalue weighted by Crippen LogP contribution is -2.14. The highest BCUT2D eigenvalue weighted by atomic mass is 35.5. The van der Waals surface area contributed by atoms with Crippen molar-refractivity contribution < 1.29 is 14.6 Å². The van der Waals surface area contributed by atoms with Crippen LogP contribution in [0.4, 0.5) is 0 Å². The molecule has 0 aliphatic heterocycles. The number of ether oxygens (including phenoxy) is 2. The van der Waals surface area contributed by atoms with Crippen LogP contribution in [0.5, 0.6) is 11.5 Å². The van der Waals surface area contributed by atoms with Crippen LogP contribution in [-0.2, 0) is 13.0 Å². The van der Waals surface area contributed by atoms with Crippen molar-refractivity contribution in [1.29, 1.82) is 0 Å². The van der Waals surface area contributed by atoms with E-state index < -0.39 is 6.10 Å². The van der Waals surface area contributed by atoms with Crippen molar-refractivity contribution in [3.8, 4) is 11.5 Å². The number of fused-ring (bicyclic) bond motifs is 1. The summed E-state index contributed by atoms with van der Waals surface area (Å²) < 4.78 is 12.7. The third-order valence-corrected chi connectivity index (χ3v) is 4.28. The summed E-state index contributed by atoms with van der Waals surface area (Å²) in [5.74, 6) is 2.24. The van der Waals surface area contributed by atoms with Crippen LogP contribution in [-0.4, -0.2) is 35.0 Å². The highest BCUT2D eigenvalue weighted by Gasteiger charge is 2.14. The number of hydrogen-bond acceptors (Lipinski definition) is 4. The molecule has 5 nitrogen and oxygen atoms in total. The summed E-state index contributed by atoms with van der Waals surface area (Å²) in [6.45, 7) is 2.22. The van der Waals surface area contributed by atoms with Gasteiger partial charge in [-0.3, -0.25) is 0 Å². The Morgan fingerprint density at radius 2 is 1.88 bits per heavy atom. The zero-order valence-corrected chi connectivity index (χ0v) is 15.2. The van der Waals surface area contributed by atoms with Gasteiger partial charge in [-0.25, -0.2) is 4.98 Å². The number of aromatic nitrogens is 2. The lowest BCUT2D eigenvalue weighted by molar-refractivity contribution is 0.174. The number of aliphatic hydroxyl groups is 1. The van der Waals surface area contributed by atoms with Gasteiger partial charge in [0.1, 0.15) is 5.82 Å². The summed E-state index contributed by atoms with van der Waals surface area (Å²) in [5.41, 5.74) is 2.83. The smallest absolute Gasteiger partial charge is 0.161 e. The van der Waals surface area contributed by atoms with E-state index in [-0.39, 0.29) is 0 Å². The summed E-state index contributed by atoms with van der Waals surface area (Å²) >= 11 is 6.14. The van der Waals surface area contributed by atoms with Crippen LogP contribution in [0.3, 0.4) is 0 Å². The SMILES string of the molecule is COc1ccc(Cc2nc3ccc(Cl)cc3n2CC(C)O)cc1OC. The normalized spacial score (nSPS) is 12.4. The molecule has 1 heterocycles. The maximum absolute atomic E-state index is 9.88. The molecule has 1 N–H and O–H groups in total. The molecule has 0 saturated carbocycles. The molecule has 0 aliphatic rings. The monoisotopic (exact) mass is 360 g/mol. The van der Waals surface area contributed by atoms with E-state index in [0.717, 1.165) is 22.4 Å². The molecule has 0 spiro atoms. The largest absolute Gasteiger partial charge is 0.493 e. The van der Waals surface area contributed by atoms with E-state index in [1.54, 1.807) is 21.1 Å². The van der Waals surface area contributed by atoms with Crippen molar-refractivity contribution >= 4 is 22.6 Å². The number of imidazole rings is 1. The fraction of sp³-hybridized carbons (Fsp3) is 0.316. The molecular formula is C19H21ClN2O3. The van der Waals surface area contributed by atoms with Gasteiger partial charge in [0.05, 0.1) is 37.9 Å². The Morgan fingerprint density at radius 3 is 2.56 bits per heavy atom. The van der Waals surface area contributed by atoms with Crippen LogP contribution in [0.1, 0.15) is 18.3 Å². The first-order valence-electron chi connectivity index (χ1n) is 8.05. The number of rotatable bonds is 6. The van der Waals surface area contributed by atoms with Gasteiger partial charge in [-0.1, -0.05) is 17.7 Å². The number of hydrogen-bond donors (Lipinski definition) is 1. The van der Waals surface area contributed by atoms with E-state index in [4.69, 9.17) is 26.1 Å². The van der Waals surface area contributed by atoms with Crippen LogP contribution >= 0.6 is 11.6 Å². The molecule has 132 valence electrons. The third kappa shape index (κ3) is 3.72. The molecule has 0 bridgehead atoms. The third-order valence-electron chi connectivity index (χ3n) is 4.05. The lowest BCUT2D eigenvalue weighted by Gasteiger charge is -2.13. The highest BCUT2D eigenvalue weighted by Crippen LogP contribution is 2.29. The summed E-state index contributed by atoms with van der Waals surface area (Å²) in [5, 5.41) is 10.5. The van der Waals surface area contributed by atoms with E-state index in [1.807, 2.05) is 41.0 Å². The first-order chi connectivity index (χ1) is 12.0. The Labute approximate surface area is 151 Å². The fourth-order valence-electron chi connectivity index (χ4n) is 2.92. The molecule has 1 atom stereocenters. The average molecular weight is 361 g/mol. The van der Waals surface area contributed by atoms with Crippen molar-refractivity contribution in [2.75, 3.05) is 14.2 Å². The maximum Gasteiger partial charge on any atom is 0.161 e. The van der Waals surface area contributed by atoms with Crippen molar-refractivity contribution in [3.63, 3.8) is 0 Å². The number of halogens is 1. The van der Waals surface area contributed by atoms with Gasteiger partial charge in [0.2, 0.25) is 0 Å². The second-order valence-corrected chi connectivity index (χ2v) is 6.42. The molecule has 0 saturated heterocycles. The van der Waals surface area contributed by atoms with E-state index in [0.29, 0.717) is 29.5 Å². The predicted octanol–water partition coefficient (Wildman–Crippen LogP) is 3.68. The van der Waals surface area contributed by atoms with Gasteiger partial charge in [0.15, 0.2) is 11.5 Å². The number of methoxy groups -OCH3 is 2. The molecule has 0 radical (unpaired) electrons. The van der Waals surface area contributed by atoms with Gasteiger partial charge in [-0.15, -0.1) is 0 Å². The minimum Gasteiger partial charge on any atom is -0.493 e. The summed E-state index contributed by atoms with van der Waals surface area (Å²) in [6.07, 6.45) is 0.125. The molecule has 6 heteroatoms. The number of nitrogens with zero attached hydrogens (tertiary/aromatic N) is 2. The van der Waals surface area contributed by atoms with E-state index in [9.17, 15) is 5.11 Å². The van der Waals surface area contributed by atoms with Crippen molar-refractivity contribution in [2.24, 2.45) is 0 Å². The Morgan fingerprint density at radius 1 is 1.12 bits per heavy atom. The van der Waals surface area contributed by atoms with Gasteiger partial charge in [0.25, 0.3) is 0 Å². The molecule has 0 fully saturated rings. The standard InChI is InChI=1S/C19H21ClN2O3/c1-12(23)11-22-16-10-14(20)5-6-15(16)21-19(22)9-13-4-7-17(24-2)18(8-13)25-3/h4-8,10,12,23H,9,11H2,1-3H3. The van der Waals surface area contributed by atoms with Crippen LogP contribution < -0.4 is 9.47 Å². The predicted molar refractivity (Wildman–Crippen MR) is 98.8 cm³/mol.